The van der Waals surface area contributed by atoms with Crippen LogP contribution in [0.1, 0.15) is 35.7 Å². The van der Waals surface area contributed by atoms with E-state index in [-0.39, 0.29) is 22.1 Å². The number of ether oxygens (including phenoxy) is 1. The minimum Gasteiger partial charge on any atom is -0.494 e. The minimum atomic E-state index is -3.90. The second-order valence-corrected chi connectivity index (χ2v) is 8.66. The lowest BCUT2D eigenvalue weighted by atomic mass is 10.0. The fourth-order valence-corrected chi connectivity index (χ4v) is 4.05. The molecule has 0 fully saturated rings. The summed E-state index contributed by atoms with van der Waals surface area (Å²) < 4.78 is 33.4. The van der Waals surface area contributed by atoms with Crippen LogP contribution in [0.3, 0.4) is 0 Å². The third-order valence-electron chi connectivity index (χ3n) is 4.65. The quantitative estimate of drug-likeness (QED) is 0.372. The molecule has 8 heteroatoms. The Morgan fingerprint density at radius 2 is 1.66 bits per heavy atom. The molecular formula is C24H25N3O4S. The van der Waals surface area contributed by atoms with Crippen molar-refractivity contribution in [2.75, 3.05) is 11.3 Å². The Morgan fingerprint density at radius 1 is 1.00 bits per heavy atom. The van der Waals surface area contributed by atoms with Crippen LogP contribution in [0.15, 0.2) is 88.9 Å². The summed E-state index contributed by atoms with van der Waals surface area (Å²) in [5.41, 5.74) is 3.85. The lowest BCUT2D eigenvalue weighted by Crippen LogP contribution is -2.21. The van der Waals surface area contributed by atoms with Crippen LogP contribution in [0, 0.1) is 0 Å². The number of carbonyl (C=O) groups excluding carboxylic acids is 1. The zero-order valence-corrected chi connectivity index (χ0v) is 18.7. The SMILES string of the molecule is CCOc1ccc(S(=O)(=O)Nc2ccccc2C(=O)NN=CC(C)c2ccccc2)cc1. The zero-order valence-electron chi connectivity index (χ0n) is 17.9. The normalized spacial score (nSPS) is 12.3. The van der Waals surface area contributed by atoms with E-state index < -0.39 is 15.9 Å². The van der Waals surface area contributed by atoms with Crippen molar-refractivity contribution in [1.82, 2.24) is 5.43 Å². The predicted molar refractivity (Wildman–Crippen MR) is 126 cm³/mol. The number of anilines is 1. The van der Waals surface area contributed by atoms with Crippen LogP contribution in [0.25, 0.3) is 0 Å². The summed E-state index contributed by atoms with van der Waals surface area (Å²) >= 11 is 0. The molecule has 3 rings (SSSR count). The third-order valence-corrected chi connectivity index (χ3v) is 6.03. The molecule has 0 aliphatic rings. The van der Waals surface area contributed by atoms with Gasteiger partial charge < -0.3 is 4.74 Å². The van der Waals surface area contributed by atoms with E-state index in [0.717, 1.165) is 5.56 Å². The Labute approximate surface area is 188 Å². The molecule has 1 atom stereocenters. The first kappa shape index (κ1) is 23.0. The topological polar surface area (TPSA) is 96.9 Å². The van der Waals surface area contributed by atoms with Gasteiger partial charge in [-0.25, -0.2) is 13.8 Å². The average Bonchev–Trinajstić information content (AvgIpc) is 2.80. The van der Waals surface area contributed by atoms with Gasteiger partial charge in [-0.15, -0.1) is 0 Å². The van der Waals surface area contributed by atoms with E-state index in [0.29, 0.717) is 12.4 Å². The molecule has 3 aromatic carbocycles. The molecule has 7 nitrogen and oxygen atoms in total. The fraction of sp³-hybridized carbons (Fsp3) is 0.167. The van der Waals surface area contributed by atoms with Gasteiger partial charge in [0.05, 0.1) is 22.8 Å². The van der Waals surface area contributed by atoms with Gasteiger partial charge in [0, 0.05) is 12.1 Å². The van der Waals surface area contributed by atoms with Crippen molar-refractivity contribution in [2.45, 2.75) is 24.7 Å². The molecule has 0 aliphatic heterocycles. The van der Waals surface area contributed by atoms with E-state index in [1.54, 1.807) is 30.5 Å². The number of carbonyl (C=O) groups is 1. The zero-order chi connectivity index (χ0) is 23.0. The van der Waals surface area contributed by atoms with E-state index in [1.807, 2.05) is 44.2 Å². The summed E-state index contributed by atoms with van der Waals surface area (Å²) in [6.45, 7) is 4.30. The Morgan fingerprint density at radius 3 is 2.34 bits per heavy atom. The monoisotopic (exact) mass is 451 g/mol. The first-order chi connectivity index (χ1) is 15.4. The summed E-state index contributed by atoms with van der Waals surface area (Å²) in [5, 5.41) is 4.03. The molecule has 1 unspecified atom stereocenters. The predicted octanol–water partition coefficient (Wildman–Crippen LogP) is 4.41. The number of sulfonamides is 1. The van der Waals surface area contributed by atoms with Crippen LogP contribution < -0.4 is 14.9 Å². The highest BCUT2D eigenvalue weighted by Crippen LogP contribution is 2.22. The Kier molecular flexibility index (Phi) is 7.62. The molecule has 0 radical (unpaired) electrons. The maximum Gasteiger partial charge on any atom is 0.273 e. The highest BCUT2D eigenvalue weighted by molar-refractivity contribution is 7.92. The van der Waals surface area contributed by atoms with E-state index in [1.165, 1.54) is 24.3 Å². The van der Waals surface area contributed by atoms with Gasteiger partial charge in [0.25, 0.3) is 15.9 Å². The van der Waals surface area contributed by atoms with E-state index in [9.17, 15) is 13.2 Å². The number of nitrogens with zero attached hydrogens (tertiary/aromatic N) is 1. The maximum atomic E-state index is 12.8. The minimum absolute atomic E-state index is 0.00454. The standard InChI is InChI=1S/C24H25N3O4S/c1-3-31-20-13-15-21(16-14-20)32(29,30)27-23-12-8-7-11-22(23)24(28)26-25-17-18(2)19-9-5-4-6-10-19/h4-18,27H,3H2,1-2H3,(H,26,28). The van der Waals surface area contributed by atoms with Gasteiger partial charge >= 0.3 is 0 Å². The first-order valence-corrected chi connectivity index (χ1v) is 11.6. The molecule has 1 amide bonds. The molecule has 32 heavy (non-hydrogen) atoms. The number of benzene rings is 3. The summed E-state index contributed by atoms with van der Waals surface area (Å²) in [5.74, 6) is 0.0604. The molecule has 0 aromatic heterocycles. The van der Waals surface area contributed by atoms with Crippen LogP contribution in [-0.4, -0.2) is 27.1 Å². The molecule has 0 spiro atoms. The second-order valence-electron chi connectivity index (χ2n) is 6.97. The van der Waals surface area contributed by atoms with Gasteiger partial charge in [0.2, 0.25) is 0 Å². The first-order valence-electron chi connectivity index (χ1n) is 10.1. The fourth-order valence-electron chi connectivity index (χ4n) is 2.97. The van der Waals surface area contributed by atoms with Gasteiger partial charge in [-0.2, -0.15) is 5.10 Å². The van der Waals surface area contributed by atoms with E-state index in [2.05, 4.69) is 15.2 Å². The van der Waals surface area contributed by atoms with Gasteiger partial charge in [-0.05, 0) is 48.9 Å². The highest BCUT2D eigenvalue weighted by Gasteiger charge is 2.18. The lowest BCUT2D eigenvalue weighted by molar-refractivity contribution is 0.0956. The Hall–Kier alpha value is -3.65. The number of hydrazone groups is 1. The van der Waals surface area contributed by atoms with Crippen molar-refractivity contribution in [1.29, 1.82) is 0 Å². The van der Waals surface area contributed by atoms with Gasteiger partial charge in [0.15, 0.2) is 0 Å². The Bertz CT molecular complexity index is 1180. The molecule has 2 N–H and O–H groups in total. The smallest absolute Gasteiger partial charge is 0.273 e. The highest BCUT2D eigenvalue weighted by atomic mass is 32.2. The van der Waals surface area contributed by atoms with Gasteiger partial charge in [-0.3, -0.25) is 9.52 Å². The number of nitrogens with one attached hydrogen (secondary N) is 2. The van der Waals surface area contributed by atoms with Crippen LogP contribution in [0.5, 0.6) is 5.75 Å². The molecule has 166 valence electrons. The van der Waals surface area contributed by atoms with Crippen molar-refractivity contribution in [2.24, 2.45) is 5.10 Å². The molecule has 0 bridgehead atoms. The van der Waals surface area contributed by atoms with E-state index in [4.69, 9.17) is 4.74 Å². The molecule has 0 aliphatic carbocycles. The average molecular weight is 452 g/mol. The summed E-state index contributed by atoms with van der Waals surface area (Å²) in [4.78, 5) is 12.7. The number of para-hydroxylation sites is 1. The summed E-state index contributed by atoms with van der Waals surface area (Å²) in [7, 11) is -3.90. The van der Waals surface area contributed by atoms with Gasteiger partial charge in [-0.1, -0.05) is 49.4 Å². The van der Waals surface area contributed by atoms with Crippen molar-refractivity contribution >= 4 is 27.8 Å². The molecule has 0 saturated carbocycles. The maximum absolute atomic E-state index is 12.8. The number of hydrogen-bond donors (Lipinski definition) is 2. The van der Waals surface area contributed by atoms with Crippen LogP contribution in [0.2, 0.25) is 0 Å². The van der Waals surface area contributed by atoms with Crippen LogP contribution >= 0.6 is 0 Å². The largest absolute Gasteiger partial charge is 0.494 e. The molecule has 0 saturated heterocycles. The summed E-state index contributed by atoms with van der Waals surface area (Å²) in [6.07, 6.45) is 1.62. The lowest BCUT2D eigenvalue weighted by Gasteiger charge is -2.12. The van der Waals surface area contributed by atoms with Crippen molar-refractivity contribution in [3.8, 4) is 5.75 Å². The van der Waals surface area contributed by atoms with Crippen molar-refractivity contribution < 1.29 is 17.9 Å². The van der Waals surface area contributed by atoms with Crippen molar-refractivity contribution in [3.05, 3.63) is 90.0 Å². The van der Waals surface area contributed by atoms with Crippen LogP contribution in [-0.2, 0) is 10.0 Å². The molecule has 0 heterocycles. The number of amides is 1. The van der Waals surface area contributed by atoms with Gasteiger partial charge in [0.1, 0.15) is 5.75 Å². The number of rotatable bonds is 9. The molecular weight excluding hydrogens is 426 g/mol. The Balaban J connectivity index is 1.72. The third kappa shape index (κ3) is 5.95. The number of hydrogen-bond acceptors (Lipinski definition) is 5. The summed E-state index contributed by atoms with van der Waals surface area (Å²) in [6, 6.07) is 22.2. The van der Waals surface area contributed by atoms with E-state index >= 15 is 0 Å². The second kappa shape index (κ2) is 10.6. The van der Waals surface area contributed by atoms with Crippen molar-refractivity contribution in [3.63, 3.8) is 0 Å². The van der Waals surface area contributed by atoms with Crippen LogP contribution in [0.4, 0.5) is 5.69 Å². The molecule has 3 aromatic rings.